The molecule has 8 nitrogen and oxygen atoms in total. The molecular formula is C29H23N7O. The Morgan fingerprint density at radius 2 is 1.81 bits per heavy atom. The molecule has 5 rings (SSSR count). The van der Waals surface area contributed by atoms with Crippen molar-refractivity contribution in [1.82, 2.24) is 25.3 Å². The van der Waals surface area contributed by atoms with Crippen molar-refractivity contribution < 1.29 is 4.79 Å². The second kappa shape index (κ2) is 9.84. The molecule has 0 aliphatic heterocycles. The van der Waals surface area contributed by atoms with E-state index in [1.165, 1.54) is 0 Å². The van der Waals surface area contributed by atoms with Crippen LogP contribution in [-0.2, 0) is 0 Å². The van der Waals surface area contributed by atoms with Crippen LogP contribution >= 0.6 is 0 Å². The topological polar surface area (TPSA) is 130 Å². The normalized spacial score (nSPS) is 11.6. The van der Waals surface area contributed by atoms with E-state index in [2.05, 4.69) is 26.3 Å². The predicted octanol–water partition coefficient (Wildman–Crippen LogP) is 5.01. The monoisotopic (exact) mass is 485 g/mol. The predicted molar refractivity (Wildman–Crippen MR) is 142 cm³/mol. The highest BCUT2D eigenvalue weighted by atomic mass is 16.2. The molecule has 0 bridgehead atoms. The summed E-state index contributed by atoms with van der Waals surface area (Å²) in [7, 11) is 0. The summed E-state index contributed by atoms with van der Waals surface area (Å²) in [6.45, 7) is 3.70. The maximum absolute atomic E-state index is 13.3. The van der Waals surface area contributed by atoms with Crippen LogP contribution in [0.5, 0.6) is 0 Å². The molecule has 1 unspecified atom stereocenters. The minimum absolute atomic E-state index is 0.00584. The number of anilines is 1. The first-order chi connectivity index (χ1) is 18.0. The molecule has 0 fully saturated rings. The van der Waals surface area contributed by atoms with Crippen LogP contribution in [0.4, 0.5) is 5.82 Å². The molecular weight excluding hydrogens is 462 g/mol. The fraction of sp³-hybridized carbons (Fsp3) is 0.103. The standard InChI is InChI=1S/C29H23N7O/c1-17-21(16-30)7-5-9-22(17)26-25(20-11-12-24-19(15-20)8-6-14-33-24)35-27(28(31)36-26)29(37)34-18(2)23-10-3-4-13-32-23/h3-15,18H,1-2H3,(H2,31,36)(H,34,37). The van der Waals surface area contributed by atoms with Crippen LogP contribution in [0.1, 0.15) is 40.3 Å². The van der Waals surface area contributed by atoms with Gasteiger partial charge in [0.05, 0.1) is 40.3 Å². The minimum Gasteiger partial charge on any atom is -0.382 e. The molecule has 3 aromatic heterocycles. The summed E-state index contributed by atoms with van der Waals surface area (Å²) in [5, 5.41) is 13.4. The molecule has 3 heterocycles. The summed E-state index contributed by atoms with van der Waals surface area (Å²) in [5.74, 6) is -0.463. The highest BCUT2D eigenvalue weighted by molar-refractivity contribution is 5.98. The lowest BCUT2D eigenvalue weighted by Crippen LogP contribution is -2.29. The van der Waals surface area contributed by atoms with Crippen molar-refractivity contribution in [3.05, 3.63) is 102 Å². The SMILES string of the molecule is Cc1c(C#N)cccc1-c1nc(N)c(C(=O)NC(C)c2ccccn2)nc1-c1ccc2ncccc2c1. The molecule has 5 aromatic rings. The molecule has 1 atom stereocenters. The first-order valence-corrected chi connectivity index (χ1v) is 11.7. The third-order valence-corrected chi connectivity index (χ3v) is 6.20. The van der Waals surface area contributed by atoms with E-state index in [9.17, 15) is 10.1 Å². The van der Waals surface area contributed by atoms with Crippen LogP contribution in [0.3, 0.4) is 0 Å². The Labute approximate surface area is 213 Å². The largest absolute Gasteiger partial charge is 0.382 e. The van der Waals surface area contributed by atoms with Crippen LogP contribution in [0, 0.1) is 18.3 Å². The van der Waals surface area contributed by atoms with Crippen molar-refractivity contribution in [1.29, 1.82) is 5.26 Å². The average molecular weight is 486 g/mol. The van der Waals surface area contributed by atoms with Gasteiger partial charge in [-0.2, -0.15) is 5.26 Å². The van der Waals surface area contributed by atoms with Crippen LogP contribution in [0.25, 0.3) is 33.4 Å². The zero-order chi connectivity index (χ0) is 25.9. The number of nitrogen functional groups attached to an aromatic ring is 1. The molecule has 0 aliphatic rings. The molecule has 1 amide bonds. The van der Waals surface area contributed by atoms with E-state index < -0.39 is 5.91 Å². The molecule has 180 valence electrons. The Balaban J connectivity index is 1.66. The summed E-state index contributed by atoms with van der Waals surface area (Å²) in [5.41, 5.74) is 11.6. The van der Waals surface area contributed by atoms with Crippen LogP contribution in [0.2, 0.25) is 0 Å². The third kappa shape index (κ3) is 4.58. The van der Waals surface area contributed by atoms with E-state index in [1.54, 1.807) is 24.5 Å². The quantitative estimate of drug-likeness (QED) is 0.358. The lowest BCUT2D eigenvalue weighted by atomic mass is 9.96. The molecule has 0 aliphatic carbocycles. The summed E-state index contributed by atoms with van der Waals surface area (Å²) in [4.78, 5) is 31.4. The number of carbonyl (C=O) groups is 1. The highest BCUT2D eigenvalue weighted by Crippen LogP contribution is 2.34. The smallest absolute Gasteiger partial charge is 0.274 e. The van der Waals surface area contributed by atoms with E-state index in [-0.39, 0.29) is 17.6 Å². The molecule has 0 saturated carbocycles. The van der Waals surface area contributed by atoms with Crippen molar-refractivity contribution >= 4 is 22.6 Å². The zero-order valence-electron chi connectivity index (χ0n) is 20.3. The maximum Gasteiger partial charge on any atom is 0.274 e. The summed E-state index contributed by atoms with van der Waals surface area (Å²) >= 11 is 0. The fourth-order valence-electron chi connectivity index (χ4n) is 4.21. The Bertz CT molecular complexity index is 1680. The van der Waals surface area contributed by atoms with Crippen molar-refractivity contribution in [2.45, 2.75) is 19.9 Å². The van der Waals surface area contributed by atoms with Crippen LogP contribution in [-0.4, -0.2) is 25.8 Å². The fourth-order valence-corrected chi connectivity index (χ4v) is 4.21. The molecule has 0 radical (unpaired) electrons. The van der Waals surface area contributed by atoms with Crippen molar-refractivity contribution in [2.24, 2.45) is 0 Å². The first kappa shape index (κ1) is 23.6. The number of aromatic nitrogens is 4. The number of fused-ring (bicyclic) bond motifs is 1. The van der Waals surface area contributed by atoms with Crippen molar-refractivity contribution in [3.8, 4) is 28.6 Å². The molecule has 2 aromatic carbocycles. The Kier molecular flexibility index (Phi) is 6.27. The number of benzene rings is 2. The summed E-state index contributed by atoms with van der Waals surface area (Å²) in [6, 6.07) is 22.3. The van der Waals surface area contributed by atoms with Crippen LogP contribution in [0.15, 0.2) is 79.1 Å². The minimum atomic E-state index is -0.457. The van der Waals surface area contributed by atoms with Gasteiger partial charge in [-0.1, -0.05) is 30.3 Å². The van der Waals surface area contributed by atoms with Crippen LogP contribution < -0.4 is 11.1 Å². The first-order valence-electron chi connectivity index (χ1n) is 11.7. The van der Waals surface area contributed by atoms with Gasteiger partial charge in [0, 0.05) is 28.9 Å². The third-order valence-electron chi connectivity index (χ3n) is 6.20. The zero-order valence-corrected chi connectivity index (χ0v) is 20.3. The van der Waals surface area contributed by atoms with Gasteiger partial charge in [0.25, 0.3) is 5.91 Å². The summed E-state index contributed by atoms with van der Waals surface area (Å²) < 4.78 is 0. The van der Waals surface area contributed by atoms with Crippen molar-refractivity contribution in [3.63, 3.8) is 0 Å². The number of rotatable bonds is 5. The lowest BCUT2D eigenvalue weighted by molar-refractivity contribution is 0.0935. The number of nitrogens with zero attached hydrogens (tertiary/aromatic N) is 5. The molecule has 0 spiro atoms. The van der Waals surface area contributed by atoms with Gasteiger partial charge in [-0.25, -0.2) is 9.97 Å². The number of hydrogen-bond acceptors (Lipinski definition) is 7. The molecule has 0 saturated heterocycles. The summed E-state index contributed by atoms with van der Waals surface area (Å²) in [6.07, 6.45) is 3.41. The lowest BCUT2D eigenvalue weighted by Gasteiger charge is -2.17. The number of nitriles is 1. The maximum atomic E-state index is 13.3. The van der Waals surface area contributed by atoms with E-state index in [0.29, 0.717) is 28.2 Å². The van der Waals surface area contributed by atoms with E-state index >= 15 is 0 Å². The molecule has 37 heavy (non-hydrogen) atoms. The van der Waals surface area contributed by atoms with E-state index in [0.717, 1.165) is 22.0 Å². The number of hydrogen-bond donors (Lipinski definition) is 2. The van der Waals surface area contributed by atoms with Gasteiger partial charge in [-0.3, -0.25) is 14.8 Å². The number of pyridine rings is 2. The van der Waals surface area contributed by atoms with Crippen molar-refractivity contribution in [2.75, 3.05) is 5.73 Å². The van der Waals surface area contributed by atoms with E-state index in [1.807, 2.05) is 68.4 Å². The Morgan fingerprint density at radius 1 is 0.973 bits per heavy atom. The molecule has 3 N–H and O–H groups in total. The number of nitrogens with one attached hydrogen (secondary N) is 1. The Morgan fingerprint density at radius 3 is 2.59 bits per heavy atom. The average Bonchev–Trinajstić information content (AvgIpc) is 2.93. The number of nitrogens with two attached hydrogens (primary N) is 1. The van der Waals surface area contributed by atoms with Gasteiger partial charge in [0.1, 0.15) is 0 Å². The van der Waals surface area contributed by atoms with Gasteiger partial charge < -0.3 is 11.1 Å². The van der Waals surface area contributed by atoms with Gasteiger partial charge in [0.2, 0.25) is 0 Å². The van der Waals surface area contributed by atoms with E-state index in [4.69, 9.17) is 10.7 Å². The van der Waals surface area contributed by atoms with Gasteiger partial charge in [-0.15, -0.1) is 0 Å². The van der Waals surface area contributed by atoms with Gasteiger partial charge >= 0.3 is 0 Å². The number of amides is 1. The van der Waals surface area contributed by atoms with Gasteiger partial charge in [-0.05, 0) is 55.8 Å². The second-order valence-electron chi connectivity index (χ2n) is 8.61. The van der Waals surface area contributed by atoms with Gasteiger partial charge in [0.15, 0.2) is 11.5 Å². The highest BCUT2D eigenvalue weighted by Gasteiger charge is 2.23. The Hall–Kier alpha value is -5.16. The molecule has 8 heteroatoms. The second-order valence-corrected chi connectivity index (χ2v) is 8.61. The number of carbonyl (C=O) groups excluding carboxylic acids is 1.